The molecular formula is C13H23NO2. The highest BCUT2D eigenvalue weighted by atomic mass is 16.2. The van der Waals surface area contributed by atoms with Crippen molar-refractivity contribution in [1.82, 2.24) is 5.32 Å². The molecule has 0 spiro atoms. The van der Waals surface area contributed by atoms with Crippen LogP contribution in [0.3, 0.4) is 0 Å². The molecule has 3 nitrogen and oxygen atoms in total. The highest BCUT2D eigenvalue weighted by Crippen LogP contribution is 2.26. The highest BCUT2D eigenvalue weighted by molar-refractivity contribution is 5.88. The van der Waals surface area contributed by atoms with Gasteiger partial charge in [0.25, 0.3) is 0 Å². The number of hydrogen-bond donors (Lipinski definition) is 1. The zero-order valence-electron chi connectivity index (χ0n) is 10.4. The average Bonchev–Trinajstić information content (AvgIpc) is 2.29. The molecular weight excluding hydrogens is 202 g/mol. The number of nitrogens with one attached hydrogen (secondary N) is 1. The molecule has 1 atom stereocenters. The van der Waals surface area contributed by atoms with Crippen molar-refractivity contribution in [2.24, 2.45) is 5.92 Å². The summed E-state index contributed by atoms with van der Waals surface area (Å²) >= 11 is 0. The summed E-state index contributed by atoms with van der Waals surface area (Å²) in [6.45, 7) is 3.59. The van der Waals surface area contributed by atoms with E-state index in [-0.39, 0.29) is 17.7 Å². The van der Waals surface area contributed by atoms with Crippen LogP contribution in [-0.4, -0.2) is 17.7 Å². The number of Topliss-reactive ketones (excluding diaryl/α,β-unsaturated/α-hetero) is 1. The molecule has 1 aliphatic carbocycles. The number of hydrogen-bond acceptors (Lipinski definition) is 2. The van der Waals surface area contributed by atoms with E-state index in [1.165, 1.54) is 32.1 Å². The number of carbonyl (C=O) groups is 2. The lowest BCUT2D eigenvalue weighted by Gasteiger charge is -2.21. The van der Waals surface area contributed by atoms with Crippen molar-refractivity contribution in [1.29, 1.82) is 0 Å². The Morgan fingerprint density at radius 3 is 2.44 bits per heavy atom. The van der Waals surface area contributed by atoms with Gasteiger partial charge >= 0.3 is 0 Å². The highest BCUT2D eigenvalue weighted by Gasteiger charge is 2.19. The second kappa shape index (κ2) is 6.66. The van der Waals surface area contributed by atoms with Crippen LogP contribution in [0.4, 0.5) is 0 Å². The summed E-state index contributed by atoms with van der Waals surface area (Å²) in [4.78, 5) is 23.0. The molecule has 0 aliphatic heterocycles. The number of carbonyl (C=O) groups excluding carboxylic acids is 2. The molecule has 1 rings (SSSR count). The van der Waals surface area contributed by atoms with Crippen molar-refractivity contribution in [3.05, 3.63) is 0 Å². The maximum absolute atomic E-state index is 11.7. The van der Waals surface area contributed by atoms with Crippen molar-refractivity contribution in [2.75, 3.05) is 0 Å². The molecule has 1 amide bonds. The first-order valence-corrected chi connectivity index (χ1v) is 6.45. The number of ketones is 1. The van der Waals surface area contributed by atoms with E-state index in [0.717, 1.165) is 0 Å². The van der Waals surface area contributed by atoms with Gasteiger partial charge in [-0.2, -0.15) is 0 Å². The van der Waals surface area contributed by atoms with Crippen molar-refractivity contribution < 1.29 is 9.59 Å². The Hall–Kier alpha value is -0.860. The topological polar surface area (TPSA) is 46.2 Å². The Labute approximate surface area is 98.0 Å². The molecule has 92 valence electrons. The maximum atomic E-state index is 11.7. The van der Waals surface area contributed by atoms with E-state index < -0.39 is 0 Å². The first-order valence-electron chi connectivity index (χ1n) is 6.45. The molecule has 3 heteroatoms. The minimum absolute atomic E-state index is 0.0428. The van der Waals surface area contributed by atoms with Crippen LogP contribution >= 0.6 is 0 Å². The average molecular weight is 225 g/mol. The Bertz CT molecular complexity index is 244. The first kappa shape index (κ1) is 13.2. The van der Waals surface area contributed by atoms with Crippen LogP contribution in [0.2, 0.25) is 0 Å². The summed E-state index contributed by atoms with van der Waals surface area (Å²) in [7, 11) is 0. The van der Waals surface area contributed by atoms with Crippen LogP contribution in [0.1, 0.15) is 58.8 Å². The SMILES string of the molecule is CCC(=O)C(C)NC(=O)CC1CCCCC1. The third kappa shape index (κ3) is 4.33. The summed E-state index contributed by atoms with van der Waals surface area (Å²) < 4.78 is 0. The molecule has 0 aromatic rings. The van der Waals surface area contributed by atoms with E-state index in [1.54, 1.807) is 6.92 Å². The van der Waals surface area contributed by atoms with Gasteiger partial charge in [-0.3, -0.25) is 9.59 Å². The lowest BCUT2D eigenvalue weighted by molar-refractivity contribution is -0.128. The summed E-state index contributed by atoms with van der Waals surface area (Å²) in [5.41, 5.74) is 0. The zero-order chi connectivity index (χ0) is 12.0. The van der Waals surface area contributed by atoms with Gasteiger partial charge in [-0.05, 0) is 25.7 Å². The Balaban J connectivity index is 2.26. The van der Waals surface area contributed by atoms with Crippen LogP contribution in [0.5, 0.6) is 0 Å². The van der Waals surface area contributed by atoms with E-state index in [0.29, 0.717) is 18.8 Å². The summed E-state index contributed by atoms with van der Waals surface area (Å²) in [5.74, 6) is 0.691. The zero-order valence-corrected chi connectivity index (χ0v) is 10.4. The molecule has 0 aromatic heterocycles. The predicted molar refractivity (Wildman–Crippen MR) is 64.1 cm³/mol. The van der Waals surface area contributed by atoms with Gasteiger partial charge in [0, 0.05) is 12.8 Å². The largest absolute Gasteiger partial charge is 0.347 e. The molecule has 1 N–H and O–H groups in total. The molecule has 1 unspecified atom stereocenters. The van der Waals surface area contributed by atoms with Gasteiger partial charge < -0.3 is 5.32 Å². The summed E-state index contributed by atoms with van der Waals surface area (Å²) in [5, 5.41) is 2.79. The third-order valence-electron chi connectivity index (χ3n) is 3.41. The van der Waals surface area contributed by atoms with Crippen molar-refractivity contribution in [2.45, 2.75) is 64.8 Å². The van der Waals surface area contributed by atoms with Crippen molar-refractivity contribution in [3.8, 4) is 0 Å². The Kier molecular flexibility index (Phi) is 5.50. The quantitative estimate of drug-likeness (QED) is 0.781. The fourth-order valence-electron chi connectivity index (χ4n) is 2.34. The van der Waals surface area contributed by atoms with Crippen LogP contribution in [0.15, 0.2) is 0 Å². The lowest BCUT2D eigenvalue weighted by Crippen LogP contribution is -2.39. The maximum Gasteiger partial charge on any atom is 0.220 e. The minimum atomic E-state index is -0.318. The Morgan fingerprint density at radius 2 is 1.88 bits per heavy atom. The minimum Gasteiger partial charge on any atom is -0.347 e. The molecule has 0 aromatic carbocycles. The lowest BCUT2D eigenvalue weighted by atomic mass is 9.87. The number of amides is 1. The molecule has 0 bridgehead atoms. The van der Waals surface area contributed by atoms with E-state index in [4.69, 9.17) is 0 Å². The monoisotopic (exact) mass is 225 g/mol. The smallest absolute Gasteiger partial charge is 0.220 e. The summed E-state index contributed by atoms with van der Waals surface area (Å²) in [6, 6.07) is -0.318. The van der Waals surface area contributed by atoms with Gasteiger partial charge in [0.1, 0.15) is 0 Å². The normalized spacial score (nSPS) is 19.1. The van der Waals surface area contributed by atoms with Crippen LogP contribution in [0, 0.1) is 5.92 Å². The molecule has 1 aliphatic rings. The van der Waals surface area contributed by atoms with Crippen molar-refractivity contribution >= 4 is 11.7 Å². The Morgan fingerprint density at radius 1 is 1.25 bits per heavy atom. The molecule has 0 saturated heterocycles. The van der Waals surface area contributed by atoms with Gasteiger partial charge in [0.05, 0.1) is 6.04 Å². The second-order valence-electron chi connectivity index (χ2n) is 4.82. The van der Waals surface area contributed by atoms with E-state index >= 15 is 0 Å². The van der Waals surface area contributed by atoms with Crippen molar-refractivity contribution in [3.63, 3.8) is 0 Å². The van der Waals surface area contributed by atoms with E-state index in [9.17, 15) is 9.59 Å². The number of rotatable bonds is 5. The molecule has 16 heavy (non-hydrogen) atoms. The fourth-order valence-corrected chi connectivity index (χ4v) is 2.34. The first-order chi connectivity index (χ1) is 7.63. The van der Waals surface area contributed by atoms with Crippen LogP contribution < -0.4 is 5.32 Å². The molecule has 1 saturated carbocycles. The third-order valence-corrected chi connectivity index (χ3v) is 3.41. The van der Waals surface area contributed by atoms with Gasteiger partial charge in [-0.1, -0.05) is 26.2 Å². The van der Waals surface area contributed by atoms with Crippen LogP contribution in [-0.2, 0) is 9.59 Å². The molecule has 1 fully saturated rings. The standard InChI is InChI=1S/C13H23NO2/c1-3-12(15)10(2)14-13(16)9-11-7-5-4-6-8-11/h10-11H,3-9H2,1-2H3,(H,14,16). The van der Waals surface area contributed by atoms with E-state index in [2.05, 4.69) is 5.32 Å². The molecule has 0 radical (unpaired) electrons. The fraction of sp³-hybridized carbons (Fsp3) is 0.846. The van der Waals surface area contributed by atoms with Gasteiger partial charge in [0.15, 0.2) is 5.78 Å². The predicted octanol–water partition coefficient (Wildman–Crippen LogP) is 2.44. The molecule has 0 heterocycles. The summed E-state index contributed by atoms with van der Waals surface area (Å²) in [6.07, 6.45) is 7.24. The van der Waals surface area contributed by atoms with Gasteiger partial charge in [0.2, 0.25) is 5.91 Å². The van der Waals surface area contributed by atoms with Gasteiger partial charge in [-0.25, -0.2) is 0 Å². The van der Waals surface area contributed by atoms with E-state index in [1.807, 2.05) is 6.92 Å². The second-order valence-corrected chi connectivity index (χ2v) is 4.82. The van der Waals surface area contributed by atoms with Crippen LogP contribution in [0.25, 0.3) is 0 Å². The van der Waals surface area contributed by atoms with Gasteiger partial charge in [-0.15, -0.1) is 0 Å².